The second kappa shape index (κ2) is 5.78. The van der Waals surface area contributed by atoms with Crippen LogP contribution in [-0.4, -0.2) is 46.5 Å². The molecule has 0 radical (unpaired) electrons. The maximum absolute atomic E-state index is 12.3. The molecule has 0 saturated carbocycles. The quantitative estimate of drug-likeness (QED) is 0.765. The number of carbonyl (C=O) groups excluding carboxylic acids is 1. The van der Waals surface area contributed by atoms with E-state index in [1.54, 1.807) is 0 Å². The van der Waals surface area contributed by atoms with Crippen molar-refractivity contribution in [3.05, 3.63) is 41.0 Å². The Morgan fingerprint density at radius 3 is 2.82 bits per heavy atom. The summed E-state index contributed by atoms with van der Waals surface area (Å²) in [5.41, 5.74) is 3.75. The van der Waals surface area contributed by atoms with Crippen LogP contribution in [0, 0.1) is 0 Å². The largest absolute Gasteiger partial charge is 0.480 e. The number of fused-ring (bicyclic) bond motifs is 2. The van der Waals surface area contributed by atoms with Crippen molar-refractivity contribution >= 4 is 17.7 Å². The first kappa shape index (κ1) is 14.6. The van der Waals surface area contributed by atoms with Crippen LogP contribution in [0.4, 0.5) is 4.79 Å². The first-order valence-corrected chi connectivity index (χ1v) is 6.99. The molecule has 2 aliphatic rings. The normalized spacial score (nSPS) is 17.8. The van der Waals surface area contributed by atoms with Gasteiger partial charge in [-0.1, -0.05) is 24.3 Å². The third-order valence-corrected chi connectivity index (χ3v) is 3.84. The van der Waals surface area contributed by atoms with Gasteiger partial charge < -0.3 is 15.5 Å². The van der Waals surface area contributed by atoms with Crippen molar-refractivity contribution in [3.63, 3.8) is 0 Å². The Balaban J connectivity index is 1.86. The molecule has 3 rings (SSSR count). The number of carbonyl (C=O) groups is 2. The van der Waals surface area contributed by atoms with Gasteiger partial charge in [0.05, 0.1) is 18.9 Å². The fourth-order valence-electron chi connectivity index (χ4n) is 2.72. The van der Waals surface area contributed by atoms with Gasteiger partial charge in [-0.15, -0.1) is 0 Å². The van der Waals surface area contributed by atoms with E-state index in [9.17, 15) is 9.59 Å². The molecule has 1 aliphatic carbocycles. The van der Waals surface area contributed by atoms with Crippen molar-refractivity contribution in [3.8, 4) is 0 Å². The molecule has 1 aromatic carbocycles. The fraction of sp³-hybridized carbons (Fsp3) is 0.333. The Morgan fingerprint density at radius 1 is 1.32 bits per heavy atom. The third kappa shape index (κ3) is 2.44. The van der Waals surface area contributed by atoms with Crippen molar-refractivity contribution in [2.24, 2.45) is 0 Å². The van der Waals surface area contributed by atoms with Gasteiger partial charge in [-0.2, -0.15) is 5.06 Å². The zero-order valence-corrected chi connectivity index (χ0v) is 11.8. The number of amides is 2. The van der Waals surface area contributed by atoms with Gasteiger partial charge in [-0.05, 0) is 24.0 Å². The summed E-state index contributed by atoms with van der Waals surface area (Å²) in [4.78, 5) is 28.6. The highest BCUT2D eigenvalue weighted by molar-refractivity contribution is 5.90. The number of benzene rings is 1. The Morgan fingerprint density at radius 2 is 2.09 bits per heavy atom. The molecule has 3 N–H and O–H groups in total. The van der Waals surface area contributed by atoms with Crippen molar-refractivity contribution in [1.29, 1.82) is 0 Å². The molecule has 116 valence electrons. The summed E-state index contributed by atoms with van der Waals surface area (Å²) in [6, 6.07) is 5.69. The number of hydroxylamine groups is 2. The number of urea groups is 1. The monoisotopic (exact) mass is 304 g/mol. The zero-order chi connectivity index (χ0) is 15.7. The average molecular weight is 304 g/mol. The smallest absolute Gasteiger partial charge is 0.346 e. The van der Waals surface area contributed by atoms with Crippen LogP contribution in [0.25, 0.3) is 5.70 Å². The van der Waals surface area contributed by atoms with Gasteiger partial charge in [0.1, 0.15) is 0 Å². The van der Waals surface area contributed by atoms with Crippen LogP contribution in [0.1, 0.15) is 17.5 Å². The minimum absolute atomic E-state index is 0.313. The summed E-state index contributed by atoms with van der Waals surface area (Å²) in [6.45, 7) is -0.370. The molecule has 1 aromatic rings. The number of aliphatic hydroxyl groups is 1. The standard InChI is InChI=1S/C15H16N2O5/c18-7-12(14(19)20)16-15(21)17-13-10(8-22-17)6-5-9-3-1-2-4-11(9)13/h1-4,12,18H,5-8H2,(H,16,21)(H,19,20)/t12-/m0/s1. The van der Waals surface area contributed by atoms with Crippen LogP contribution in [0.15, 0.2) is 29.8 Å². The molecule has 7 heteroatoms. The molecule has 22 heavy (non-hydrogen) atoms. The molecule has 7 nitrogen and oxygen atoms in total. The van der Waals surface area contributed by atoms with E-state index < -0.39 is 24.6 Å². The van der Waals surface area contributed by atoms with Crippen molar-refractivity contribution in [2.75, 3.05) is 13.2 Å². The lowest BCUT2D eigenvalue weighted by Gasteiger charge is -2.24. The summed E-state index contributed by atoms with van der Waals surface area (Å²) in [7, 11) is 0. The van der Waals surface area contributed by atoms with Gasteiger partial charge in [0.25, 0.3) is 0 Å². The molecule has 0 fully saturated rings. The topological polar surface area (TPSA) is 99.1 Å². The second-order valence-electron chi connectivity index (χ2n) is 5.20. The number of carboxylic acids is 1. The van der Waals surface area contributed by atoms with Gasteiger partial charge >= 0.3 is 12.0 Å². The third-order valence-electron chi connectivity index (χ3n) is 3.84. The van der Waals surface area contributed by atoms with Gasteiger partial charge in [0.2, 0.25) is 0 Å². The van der Waals surface area contributed by atoms with Crippen LogP contribution in [0.2, 0.25) is 0 Å². The Kier molecular flexibility index (Phi) is 3.82. The number of rotatable bonds is 3. The van der Waals surface area contributed by atoms with E-state index in [0.717, 1.165) is 34.6 Å². The summed E-state index contributed by atoms with van der Waals surface area (Å²) in [5.74, 6) is -1.30. The van der Waals surface area contributed by atoms with E-state index in [-0.39, 0.29) is 0 Å². The fourth-order valence-corrected chi connectivity index (χ4v) is 2.72. The zero-order valence-electron chi connectivity index (χ0n) is 11.8. The summed E-state index contributed by atoms with van der Waals surface area (Å²) in [5, 5.41) is 21.3. The predicted octanol–water partition coefficient (Wildman–Crippen LogP) is 0.746. The number of hydrogen-bond acceptors (Lipinski definition) is 4. The van der Waals surface area contributed by atoms with Crippen LogP contribution >= 0.6 is 0 Å². The molecule has 0 bridgehead atoms. The highest BCUT2D eigenvalue weighted by Crippen LogP contribution is 2.37. The summed E-state index contributed by atoms with van der Waals surface area (Å²) >= 11 is 0. The summed E-state index contributed by atoms with van der Waals surface area (Å²) < 4.78 is 0. The molecule has 1 aliphatic heterocycles. The number of carboxylic acid groups (broad SMARTS) is 1. The number of aryl methyl sites for hydroxylation is 1. The molecule has 1 heterocycles. The van der Waals surface area contributed by atoms with Crippen LogP contribution < -0.4 is 5.32 Å². The van der Waals surface area contributed by atoms with E-state index in [4.69, 9.17) is 15.1 Å². The van der Waals surface area contributed by atoms with Crippen LogP contribution in [-0.2, 0) is 16.1 Å². The molecular weight excluding hydrogens is 288 g/mol. The lowest BCUT2D eigenvalue weighted by Crippen LogP contribution is -2.48. The van der Waals surface area contributed by atoms with E-state index in [1.807, 2.05) is 24.3 Å². The molecule has 2 amide bonds. The average Bonchev–Trinajstić information content (AvgIpc) is 2.96. The predicted molar refractivity (Wildman–Crippen MR) is 76.5 cm³/mol. The Hall–Kier alpha value is -2.38. The first-order valence-electron chi connectivity index (χ1n) is 6.99. The minimum atomic E-state index is -1.36. The molecule has 0 spiro atoms. The second-order valence-corrected chi connectivity index (χ2v) is 5.20. The van der Waals surface area contributed by atoms with Crippen molar-refractivity contribution < 1.29 is 24.6 Å². The Bertz CT molecular complexity index is 655. The van der Waals surface area contributed by atoms with Crippen LogP contribution in [0.5, 0.6) is 0 Å². The molecule has 0 aromatic heterocycles. The number of hydrogen-bond donors (Lipinski definition) is 3. The van der Waals surface area contributed by atoms with Crippen molar-refractivity contribution in [2.45, 2.75) is 18.9 Å². The minimum Gasteiger partial charge on any atom is -0.480 e. The van der Waals surface area contributed by atoms with Crippen molar-refractivity contribution in [1.82, 2.24) is 10.4 Å². The number of aliphatic hydroxyl groups excluding tert-OH is 1. The molecular formula is C15H16N2O5. The SMILES string of the molecule is O=C(O)[C@H](CO)NC(=O)N1OCC2=C1c1ccccc1CC2. The van der Waals surface area contributed by atoms with E-state index in [2.05, 4.69) is 5.32 Å². The van der Waals surface area contributed by atoms with E-state index in [1.165, 1.54) is 0 Å². The lowest BCUT2D eigenvalue weighted by atomic mass is 9.90. The van der Waals surface area contributed by atoms with Gasteiger partial charge in [-0.25, -0.2) is 9.59 Å². The van der Waals surface area contributed by atoms with E-state index in [0.29, 0.717) is 12.3 Å². The maximum atomic E-state index is 12.3. The highest BCUT2D eigenvalue weighted by Gasteiger charge is 2.35. The maximum Gasteiger partial charge on any atom is 0.346 e. The molecule has 1 atom stereocenters. The van der Waals surface area contributed by atoms with Gasteiger partial charge in [0, 0.05) is 5.56 Å². The summed E-state index contributed by atoms with van der Waals surface area (Å²) in [6.07, 6.45) is 1.70. The number of aliphatic carboxylic acids is 1. The lowest BCUT2D eigenvalue weighted by molar-refractivity contribution is -0.140. The Labute approximate surface area is 126 Å². The van der Waals surface area contributed by atoms with Crippen LogP contribution in [0.3, 0.4) is 0 Å². The van der Waals surface area contributed by atoms with Gasteiger partial charge in [-0.3, -0.25) is 4.84 Å². The molecule has 0 saturated heterocycles. The first-order chi connectivity index (χ1) is 10.6. The van der Waals surface area contributed by atoms with E-state index >= 15 is 0 Å². The number of nitrogens with one attached hydrogen (secondary N) is 1. The highest BCUT2D eigenvalue weighted by atomic mass is 16.7. The van der Waals surface area contributed by atoms with Gasteiger partial charge in [0.15, 0.2) is 6.04 Å². The number of nitrogens with zero attached hydrogens (tertiary/aromatic N) is 1. The molecule has 0 unspecified atom stereocenters.